The molecule has 0 aromatic carbocycles. The van der Waals surface area contributed by atoms with E-state index in [0.29, 0.717) is 10.8 Å². The second-order valence-electron chi connectivity index (χ2n) is 13.5. The highest BCUT2D eigenvalue weighted by molar-refractivity contribution is 5.25. The molecule has 0 aromatic rings. The lowest BCUT2D eigenvalue weighted by atomic mass is 9.46. The monoisotopic (exact) mass is 426 g/mol. The van der Waals surface area contributed by atoms with E-state index < -0.39 is 0 Å². The quantitative estimate of drug-likeness (QED) is 0.339. The van der Waals surface area contributed by atoms with Crippen molar-refractivity contribution < 1.29 is 0 Å². The highest BCUT2D eigenvalue weighted by Crippen LogP contribution is 2.67. The van der Waals surface area contributed by atoms with Gasteiger partial charge in [0.25, 0.3) is 0 Å². The molecule has 178 valence electrons. The third-order valence-corrected chi connectivity index (χ3v) is 11.4. The van der Waals surface area contributed by atoms with Crippen molar-refractivity contribution in [2.45, 2.75) is 131 Å². The van der Waals surface area contributed by atoms with Gasteiger partial charge in [-0.3, -0.25) is 0 Å². The van der Waals surface area contributed by atoms with Crippen molar-refractivity contribution in [3.05, 3.63) is 11.6 Å². The van der Waals surface area contributed by atoms with Gasteiger partial charge in [0.2, 0.25) is 0 Å². The Morgan fingerprint density at radius 3 is 2.48 bits per heavy atom. The molecule has 0 saturated heterocycles. The largest absolute Gasteiger partial charge is 0.0845 e. The molecule has 0 spiro atoms. The average Bonchev–Trinajstić information content (AvgIpc) is 3.09. The molecule has 4 rings (SSSR count). The molecule has 31 heavy (non-hydrogen) atoms. The van der Waals surface area contributed by atoms with E-state index in [1.807, 2.05) is 5.57 Å². The van der Waals surface area contributed by atoms with Crippen LogP contribution in [0.2, 0.25) is 0 Å². The van der Waals surface area contributed by atoms with Gasteiger partial charge in [0.15, 0.2) is 0 Å². The van der Waals surface area contributed by atoms with Crippen LogP contribution in [-0.2, 0) is 0 Å². The molecule has 0 aliphatic heterocycles. The Morgan fingerprint density at radius 1 is 0.935 bits per heavy atom. The fraction of sp³-hybridized carbons (Fsp3) is 0.935. The van der Waals surface area contributed by atoms with Crippen molar-refractivity contribution in [2.24, 2.45) is 52.3 Å². The number of hydrogen-bond acceptors (Lipinski definition) is 0. The maximum absolute atomic E-state index is 2.80. The minimum Gasteiger partial charge on any atom is -0.0845 e. The molecule has 4 aliphatic rings. The van der Waals surface area contributed by atoms with Crippen LogP contribution in [0.4, 0.5) is 0 Å². The molecule has 4 unspecified atom stereocenters. The maximum atomic E-state index is 2.80. The second-order valence-corrected chi connectivity index (χ2v) is 13.5. The van der Waals surface area contributed by atoms with Crippen molar-refractivity contribution in [2.75, 3.05) is 0 Å². The van der Waals surface area contributed by atoms with Crippen LogP contribution in [0.1, 0.15) is 131 Å². The van der Waals surface area contributed by atoms with E-state index in [1.54, 1.807) is 0 Å². The second kappa shape index (κ2) is 9.54. The van der Waals surface area contributed by atoms with Crippen LogP contribution in [0.5, 0.6) is 0 Å². The summed E-state index contributed by atoms with van der Waals surface area (Å²) in [6, 6.07) is 0. The van der Waals surface area contributed by atoms with Gasteiger partial charge in [0.1, 0.15) is 0 Å². The van der Waals surface area contributed by atoms with E-state index in [-0.39, 0.29) is 0 Å². The molecule has 0 N–H and O–H groups in total. The Hall–Kier alpha value is -0.260. The Kier molecular flexibility index (Phi) is 7.35. The molecule has 0 radical (unpaired) electrons. The van der Waals surface area contributed by atoms with Crippen LogP contribution >= 0.6 is 0 Å². The Morgan fingerprint density at radius 2 is 1.74 bits per heavy atom. The van der Waals surface area contributed by atoms with Gasteiger partial charge in [-0.2, -0.15) is 0 Å². The van der Waals surface area contributed by atoms with Gasteiger partial charge >= 0.3 is 0 Å². The van der Waals surface area contributed by atoms with Crippen LogP contribution < -0.4 is 0 Å². The summed E-state index contributed by atoms with van der Waals surface area (Å²) in [7, 11) is 0. The number of unbranched alkanes of at least 4 members (excludes halogenated alkanes) is 1. The summed E-state index contributed by atoms with van der Waals surface area (Å²) < 4.78 is 0. The zero-order valence-electron chi connectivity index (χ0n) is 22.0. The fourth-order valence-corrected chi connectivity index (χ4v) is 9.50. The standard InChI is InChI=1S/C31H54/c1-7-8-12-24-17-19-30(5)25(21-24)13-14-26-28-16-15-27(23(4)11-9-10-22(2)3)31(28,6)20-18-29(26)30/h13,22-24,26-29H,7-12,14-21H2,1-6H3/t23-,24+,26-,27?,28+,29?,30?,31?/m1/s1. The lowest BCUT2D eigenvalue weighted by Crippen LogP contribution is -2.50. The molecular formula is C31H54. The topological polar surface area (TPSA) is 0 Å². The van der Waals surface area contributed by atoms with Crippen molar-refractivity contribution in [3.8, 4) is 0 Å². The number of rotatable bonds is 8. The van der Waals surface area contributed by atoms with Gasteiger partial charge in [-0.15, -0.1) is 0 Å². The first-order chi connectivity index (χ1) is 14.8. The lowest BCUT2D eigenvalue weighted by molar-refractivity contribution is -0.0529. The maximum Gasteiger partial charge on any atom is -0.00851 e. The minimum atomic E-state index is 0.550. The van der Waals surface area contributed by atoms with Crippen molar-refractivity contribution in [3.63, 3.8) is 0 Å². The molecule has 0 aromatic heterocycles. The SMILES string of the molecule is CCCC[C@H]1CCC2(C)C(=CC[C@H]3C2CCC2(C)C([C@H](C)CCCC(C)C)CC[C@@H]32)C1. The highest BCUT2D eigenvalue weighted by atomic mass is 14.6. The van der Waals surface area contributed by atoms with Crippen molar-refractivity contribution >= 4 is 0 Å². The summed E-state index contributed by atoms with van der Waals surface area (Å²) >= 11 is 0. The fourth-order valence-electron chi connectivity index (χ4n) is 9.50. The van der Waals surface area contributed by atoms with Crippen LogP contribution in [0.15, 0.2) is 11.6 Å². The average molecular weight is 427 g/mol. The summed E-state index contributed by atoms with van der Waals surface area (Å²) in [5.74, 6) is 6.79. The van der Waals surface area contributed by atoms with E-state index in [4.69, 9.17) is 0 Å². The van der Waals surface area contributed by atoms with E-state index in [2.05, 4.69) is 47.6 Å². The molecule has 3 fully saturated rings. The van der Waals surface area contributed by atoms with E-state index in [9.17, 15) is 0 Å². The van der Waals surface area contributed by atoms with Crippen molar-refractivity contribution in [1.29, 1.82) is 0 Å². The predicted octanol–water partition coefficient (Wildman–Crippen LogP) is 9.83. The van der Waals surface area contributed by atoms with E-state index in [1.165, 1.54) is 89.9 Å². The molecule has 0 heteroatoms. The number of fused-ring (bicyclic) bond motifs is 5. The minimum absolute atomic E-state index is 0.550. The normalized spacial score (nSPS) is 43.2. The van der Waals surface area contributed by atoms with Gasteiger partial charge in [0, 0.05) is 0 Å². The smallest absolute Gasteiger partial charge is 0.00851 e. The first-order valence-corrected chi connectivity index (χ1v) is 14.5. The molecule has 0 heterocycles. The van der Waals surface area contributed by atoms with Crippen LogP contribution in [0.25, 0.3) is 0 Å². The molecule has 4 aliphatic carbocycles. The van der Waals surface area contributed by atoms with Gasteiger partial charge in [-0.1, -0.05) is 91.7 Å². The van der Waals surface area contributed by atoms with Crippen LogP contribution in [-0.4, -0.2) is 0 Å². The molecule has 3 saturated carbocycles. The van der Waals surface area contributed by atoms with Crippen molar-refractivity contribution in [1.82, 2.24) is 0 Å². The summed E-state index contributed by atoms with van der Waals surface area (Å²) in [5.41, 5.74) is 3.09. The van der Waals surface area contributed by atoms with E-state index >= 15 is 0 Å². The van der Waals surface area contributed by atoms with Gasteiger partial charge in [-0.05, 0) is 104 Å². The van der Waals surface area contributed by atoms with Gasteiger partial charge in [-0.25, -0.2) is 0 Å². The van der Waals surface area contributed by atoms with E-state index in [0.717, 1.165) is 41.4 Å². The molecule has 0 bridgehead atoms. The highest BCUT2D eigenvalue weighted by Gasteiger charge is 2.59. The summed E-state index contributed by atoms with van der Waals surface area (Å²) in [5, 5.41) is 0. The summed E-state index contributed by atoms with van der Waals surface area (Å²) in [6.45, 7) is 15.2. The molecular weight excluding hydrogens is 372 g/mol. The molecule has 0 amide bonds. The zero-order valence-corrected chi connectivity index (χ0v) is 22.0. The Balaban J connectivity index is 1.45. The summed E-state index contributed by atoms with van der Waals surface area (Å²) in [4.78, 5) is 0. The number of hydrogen-bond donors (Lipinski definition) is 0. The third kappa shape index (κ3) is 4.45. The van der Waals surface area contributed by atoms with Gasteiger partial charge < -0.3 is 0 Å². The molecule has 0 nitrogen and oxygen atoms in total. The number of allylic oxidation sites excluding steroid dienone is 2. The van der Waals surface area contributed by atoms with Gasteiger partial charge in [0.05, 0.1) is 0 Å². The van der Waals surface area contributed by atoms with Crippen LogP contribution in [0, 0.1) is 52.3 Å². The predicted molar refractivity (Wildman–Crippen MR) is 136 cm³/mol. The Bertz CT molecular complexity index is 628. The Labute approximate surface area is 195 Å². The lowest BCUT2D eigenvalue weighted by Gasteiger charge is -2.58. The molecule has 8 atom stereocenters. The first kappa shape index (κ1) is 23.9. The first-order valence-electron chi connectivity index (χ1n) is 14.5. The zero-order chi connectivity index (χ0) is 22.2. The summed E-state index contributed by atoms with van der Waals surface area (Å²) in [6.07, 6.45) is 23.4. The third-order valence-electron chi connectivity index (χ3n) is 11.4. The van der Waals surface area contributed by atoms with Crippen LogP contribution in [0.3, 0.4) is 0 Å².